The molecule has 9 heteroatoms. The molecule has 2 saturated heterocycles. The highest BCUT2D eigenvalue weighted by molar-refractivity contribution is 6.07. The molecule has 3 aromatic heterocycles. The molecular formula is C23H22F2N6O. The number of hydrogen-bond donors (Lipinski definition) is 0. The number of aryl methyl sites for hydroxylation is 1. The fourth-order valence-corrected chi connectivity index (χ4v) is 5.70. The van der Waals surface area contributed by atoms with Crippen LogP contribution in [0.2, 0.25) is 0 Å². The highest BCUT2D eigenvalue weighted by Crippen LogP contribution is 2.45. The van der Waals surface area contributed by atoms with Crippen LogP contribution in [0.3, 0.4) is 0 Å². The molecule has 6 rings (SSSR count). The Morgan fingerprint density at radius 1 is 1.16 bits per heavy atom. The minimum absolute atomic E-state index is 0.0111. The van der Waals surface area contributed by atoms with Crippen LogP contribution in [0.15, 0.2) is 42.9 Å². The van der Waals surface area contributed by atoms with E-state index in [1.54, 1.807) is 4.52 Å². The summed E-state index contributed by atoms with van der Waals surface area (Å²) in [4.78, 5) is 23.8. The topological polar surface area (TPSA) is 68.3 Å². The summed E-state index contributed by atoms with van der Waals surface area (Å²) in [6, 6.07) is 9.43. The molecule has 32 heavy (non-hydrogen) atoms. The third kappa shape index (κ3) is 2.76. The second-order valence-corrected chi connectivity index (χ2v) is 8.74. The van der Waals surface area contributed by atoms with Crippen molar-refractivity contribution in [3.63, 3.8) is 0 Å². The average Bonchev–Trinajstić information content (AvgIpc) is 3.48. The number of rotatable bonds is 3. The lowest BCUT2D eigenvalue weighted by Crippen LogP contribution is -2.47. The molecule has 2 fully saturated rings. The molecule has 1 amide bonds. The molecule has 2 aliphatic heterocycles. The van der Waals surface area contributed by atoms with Gasteiger partial charge in [-0.15, -0.1) is 0 Å². The van der Waals surface area contributed by atoms with Gasteiger partial charge in [0.1, 0.15) is 12.0 Å². The normalized spacial score (nSPS) is 23.0. The first-order valence-corrected chi connectivity index (χ1v) is 10.9. The SMILES string of the molecule is Cn1cc(C(=O)N2[C@H]3CC[C@H](c4cc(C(F)F)nc5ncnn45)[C@@H]2CC3)c2ccccc21. The lowest BCUT2D eigenvalue weighted by atomic mass is 9.86. The van der Waals surface area contributed by atoms with Crippen LogP contribution < -0.4 is 0 Å². The van der Waals surface area contributed by atoms with Crippen molar-refractivity contribution in [1.82, 2.24) is 29.0 Å². The van der Waals surface area contributed by atoms with Gasteiger partial charge in [0.15, 0.2) is 0 Å². The van der Waals surface area contributed by atoms with E-state index in [0.717, 1.165) is 36.6 Å². The van der Waals surface area contributed by atoms with Crippen molar-refractivity contribution in [3.8, 4) is 0 Å². The molecule has 2 bridgehead atoms. The number of para-hydroxylation sites is 1. The highest BCUT2D eigenvalue weighted by atomic mass is 19.3. The predicted molar refractivity (Wildman–Crippen MR) is 114 cm³/mol. The van der Waals surface area contributed by atoms with Crippen molar-refractivity contribution in [3.05, 3.63) is 59.8 Å². The van der Waals surface area contributed by atoms with Gasteiger partial charge in [-0.1, -0.05) is 18.2 Å². The zero-order valence-electron chi connectivity index (χ0n) is 17.5. The molecule has 7 nitrogen and oxygen atoms in total. The number of halogens is 2. The fourth-order valence-electron chi connectivity index (χ4n) is 5.70. The number of alkyl halides is 2. The van der Waals surface area contributed by atoms with Gasteiger partial charge in [-0.25, -0.2) is 18.3 Å². The summed E-state index contributed by atoms with van der Waals surface area (Å²) in [5.41, 5.74) is 2.06. The molecule has 2 aliphatic rings. The average molecular weight is 436 g/mol. The maximum Gasteiger partial charge on any atom is 0.280 e. The Kier molecular flexibility index (Phi) is 4.28. The monoisotopic (exact) mass is 436 g/mol. The number of nitrogens with zero attached hydrogens (tertiary/aromatic N) is 6. The van der Waals surface area contributed by atoms with Crippen LogP contribution in [0.4, 0.5) is 8.78 Å². The van der Waals surface area contributed by atoms with Crippen molar-refractivity contribution in [2.24, 2.45) is 7.05 Å². The summed E-state index contributed by atoms with van der Waals surface area (Å²) in [5.74, 6) is 0.0826. The summed E-state index contributed by atoms with van der Waals surface area (Å²) in [7, 11) is 1.94. The number of hydrogen-bond acceptors (Lipinski definition) is 4. The van der Waals surface area contributed by atoms with E-state index in [2.05, 4.69) is 15.1 Å². The summed E-state index contributed by atoms with van der Waals surface area (Å²) in [5, 5.41) is 5.17. The van der Waals surface area contributed by atoms with E-state index < -0.39 is 6.43 Å². The molecule has 0 saturated carbocycles. The molecule has 3 atom stereocenters. The van der Waals surface area contributed by atoms with Crippen LogP contribution in [0.25, 0.3) is 16.7 Å². The fraction of sp³-hybridized carbons (Fsp3) is 0.391. The van der Waals surface area contributed by atoms with Gasteiger partial charge in [0, 0.05) is 42.1 Å². The Morgan fingerprint density at radius 2 is 1.97 bits per heavy atom. The highest BCUT2D eigenvalue weighted by Gasteiger charge is 2.46. The van der Waals surface area contributed by atoms with Crippen molar-refractivity contribution in [2.75, 3.05) is 0 Å². The van der Waals surface area contributed by atoms with Crippen LogP contribution in [0.1, 0.15) is 59.8 Å². The lowest BCUT2D eigenvalue weighted by molar-refractivity contribution is 0.0555. The largest absolute Gasteiger partial charge is 0.350 e. The molecule has 0 N–H and O–H groups in total. The molecule has 0 aliphatic carbocycles. The minimum Gasteiger partial charge on any atom is -0.350 e. The maximum absolute atomic E-state index is 13.8. The van der Waals surface area contributed by atoms with Crippen molar-refractivity contribution < 1.29 is 13.6 Å². The van der Waals surface area contributed by atoms with Crippen LogP contribution >= 0.6 is 0 Å². The number of piperidine rings is 1. The second-order valence-electron chi connectivity index (χ2n) is 8.74. The molecule has 1 aromatic carbocycles. The number of fused-ring (bicyclic) bond motifs is 4. The lowest BCUT2D eigenvalue weighted by Gasteiger charge is -2.40. The Balaban J connectivity index is 1.43. The van der Waals surface area contributed by atoms with E-state index in [9.17, 15) is 13.6 Å². The second kappa shape index (κ2) is 7.08. The Labute approximate surface area is 182 Å². The van der Waals surface area contributed by atoms with E-state index in [1.165, 1.54) is 12.4 Å². The van der Waals surface area contributed by atoms with E-state index in [1.807, 2.05) is 47.0 Å². The molecule has 4 aromatic rings. The molecule has 0 radical (unpaired) electrons. The number of amides is 1. The van der Waals surface area contributed by atoms with Gasteiger partial charge in [-0.3, -0.25) is 4.79 Å². The molecule has 164 valence electrons. The van der Waals surface area contributed by atoms with Crippen LogP contribution in [0, 0.1) is 0 Å². The van der Waals surface area contributed by atoms with Gasteiger partial charge >= 0.3 is 0 Å². The maximum atomic E-state index is 13.8. The zero-order chi connectivity index (χ0) is 22.0. The van der Waals surface area contributed by atoms with Crippen LogP contribution in [0.5, 0.6) is 0 Å². The predicted octanol–water partition coefficient (Wildman–Crippen LogP) is 4.10. The van der Waals surface area contributed by atoms with E-state index in [4.69, 9.17) is 0 Å². The first-order valence-electron chi connectivity index (χ1n) is 10.9. The first kappa shape index (κ1) is 19.3. The third-order valence-corrected chi connectivity index (χ3v) is 7.09. The van der Waals surface area contributed by atoms with Gasteiger partial charge in [0.05, 0.1) is 11.3 Å². The van der Waals surface area contributed by atoms with Gasteiger partial charge in [-0.2, -0.15) is 10.1 Å². The summed E-state index contributed by atoms with van der Waals surface area (Å²) < 4.78 is 30.6. The number of carbonyl (C=O) groups is 1. The van der Waals surface area contributed by atoms with Gasteiger partial charge in [0.2, 0.25) is 0 Å². The van der Waals surface area contributed by atoms with Crippen LogP contribution in [-0.4, -0.2) is 47.0 Å². The Morgan fingerprint density at radius 3 is 2.81 bits per heavy atom. The number of carbonyl (C=O) groups excluding carboxylic acids is 1. The quantitative estimate of drug-likeness (QED) is 0.485. The standard InChI is InChI=1S/C23H22F2N6O/c1-29-11-16(14-4-2-3-5-18(14)29)22(32)30-13-6-8-15(19(30)9-7-13)20-10-17(21(24)25)28-23-26-12-27-31(20)23/h2-5,10-13,15,19,21H,6-9H2,1H3/t13-,15-,19-/m0/s1. The minimum atomic E-state index is -2.69. The molecule has 0 spiro atoms. The molecule has 5 heterocycles. The van der Waals surface area contributed by atoms with Crippen molar-refractivity contribution in [1.29, 1.82) is 0 Å². The van der Waals surface area contributed by atoms with Crippen molar-refractivity contribution >= 4 is 22.6 Å². The van der Waals surface area contributed by atoms with Gasteiger partial charge in [-0.05, 0) is 37.8 Å². The smallest absolute Gasteiger partial charge is 0.280 e. The third-order valence-electron chi connectivity index (χ3n) is 7.09. The summed E-state index contributed by atoms with van der Waals surface area (Å²) >= 11 is 0. The van der Waals surface area contributed by atoms with E-state index >= 15 is 0 Å². The summed E-state index contributed by atoms with van der Waals surface area (Å²) in [6.45, 7) is 0. The van der Waals surface area contributed by atoms with E-state index in [-0.39, 0.29) is 35.4 Å². The number of benzene rings is 1. The number of aromatic nitrogens is 5. The Bertz CT molecular complexity index is 1350. The molecular weight excluding hydrogens is 414 g/mol. The van der Waals surface area contributed by atoms with Crippen LogP contribution in [-0.2, 0) is 7.05 Å². The van der Waals surface area contributed by atoms with Gasteiger partial charge in [0.25, 0.3) is 18.1 Å². The van der Waals surface area contributed by atoms with E-state index in [0.29, 0.717) is 11.3 Å². The zero-order valence-corrected chi connectivity index (χ0v) is 17.5. The summed E-state index contributed by atoms with van der Waals surface area (Å²) in [6.07, 6.45) is 3.95. The first-order chi connectivity index (χ1) is 15.5. The van der Waals surface area contributed by atoms with Crippen molar-refractivity contribution in [2.45, 2.75) is 50.1 Å². The molecule has 0 unspecified atom stereocenters. The van der Waals surface area contributed by atoms with Gasteiger partial charge < -0.3 is 9.47 Å². The Hall–Kier alpha value is -3.36.